The Morgan fingerprint density at radius 1 is 1.59 bits per heavy atom. The zero-order chi connectivity index (χ0) is 11.8. The second kappa shape index (κ2) is 3.85. The number of pyridine rings is 1. The molecule has 88 valence electrons. The van der Waals surface area contributed by atoms with Crippen molar-refractivity contribution in [3.8, 4) is 0 Å². The number of rotatable bonds is 2. The van der Waals surface area contributed by atoms with Gasteiger partial charge in [-0.1, -0.05) is 0 Å². The van der Waals surface area contributed by atoms with Crippen molar-refractivity contribution in [1.29, 1.82) is 0 Å². The van der Waals surface area contributed by atoms with Gasteiger partial charge in [-0.15, -0.1) is 0 Å². The van der Waals surface area contributed by atoms with Crippen molar-refractivity contribution in [2.75, 3.05) is 13.2 Å². The highest BCUT2D eigenvalue weighted by Gasteiger charge is 2.22. The fraction of sp³-hybridized carbons (Fsp3) is 0.333. The van der Waals surface area contributed by atoms with E-state index in [1.807, 2.05) is 4.40 Å². The minimum absolute atomic E-state index is 0.284. The minimum Gasteiger partial charge on any atom is -0.478 e. The van der Waals surface area contributed by atoms with Crippen LogP contribution in [0.2, 0.25) is 0 Å². The summed E-state index contributed by atoms with van der Waals surface area (Å²) in [6.07, 6.45) is 4.44. The lowest BCUT2D eigenvalue weighted by molar-refractivity contribution is 0.0697. The zero-order valence-corrected chi connectivity index (χ0v) is 9.17. The molecular formula is C12H12N2O3. The van der Waals surface area contributed by atoms with Gasteiger partial charge in [0.1, 0.15) is 5.82 Å². The molecule has 3 rings (SSSR count). The summed E-state index contributed by atoms with van der Waals surface area (Å²) in [7, 11) is 0. The van der Waals surface area contributed by atoms with Gasteiger partial charge in [-0.3, -0.25) is 0 Å². The van der Waals surface area contributed by atoms with E-state index in [1.54, 1.807) is 24.5 Å². The third-order valence-electron chi connectivity index (χ3n) is 3.10. The van der Waals surface area contributed by atoms with Crippen LogP contribution in [-0.2, 0) is 4.74 Å². The molecule has 0 amide bonds. The Balaban J connectivity index is 2.07. The molecule has 0 saturated carbocycles. The molecule has 0 spiro atoms. The number of fused-ring (bicyclic) bond motifs is 1. The van der Waals surface area contributed by atoms with E-state index in [9.17, 15) is 4.79 Å². The maximum Gasteiger partial charge on any atom is 0.335 e. The number of carbonyl (C=O) groups is 1. The molecule has 1 unspecified atom stereocenters. The maximum absolute atomic E-state index is 10.9. The third-order valence-corrected chi connectivity index (χ3v) is 3.10. The molecule has 0 aliphatic carbocycles. The van der Waals surface area contributed by atoms with Gasteiger partial charge in [0.25, 0.3) is 0 Å². The highest BCUT2D eigenvalue weighted by Crippen LogP contribution is 2.25. The van der Waals surface area contributed by atoms with E-state index in [-0.39, 0.29) is 5.56 Å². The topological polar surface area (TPSA) is 63.8 Å². The Labute approximate surface area is 97.7 Å². The van der Waals surface area contributed by atoms with Crippen LogP contribution in [0.5, 0.6) is 0 Å². The molecule has 3 heterocycles. The molecule has 0 bridgehead atoms. The SMILES string of the molecule is O=C(O)c1ccn2c(C3CCOC3)ncc2c1. The maximum atomic E-state index is 10.9. The summed E-state index contributed by atoms with van der Waals surface area (Å²) in [5.74, 6) is 0.349. The highest BCUT2D eigenvalue weighted by atomic mass is 16.5. The van der Waals surface area contributed by atoms with Crippen molar-refractivity contribution in [3.05, 3.63) is 35.9 Å². The summed E-state index contributed by atoms with van der Waals surface area (Å²) < 4.78 is 7.28. The number of carboxylic acids is 1. The van der Waals surface area contributed by atoms with Crippen LogP contribution < -0.4 is 0 Å². The van der Waals surface area contributed by atoms with Gasteiger partial charge in [-0.05, 0) is 18.6 Å². The largest absolute Gasteiger partial charge is 0.478 e. The predicted octanol–water partition coefficient (Wildman–Crippen LogP) is 1.54. The molecule has 2 aromatic heterocycles. The Kier molecular flexibility index (Phi) is 2.33. The number of aromatic carboxylic acids is 1. The molecule has 17 heavy (non-hydrogen) atoms. The van der Waals surface area contributed by atoms with Gasteiger partial charge in [0.05, 0.1) is 23.9 Å². The van der Waals surface area contributed by atoms with Crippen LogP contribution in [0.1, 0.15) is 28.5 Å². The molecule has 1 atom stereocenters. The molecule has 5 nitrogen and oxygen atoms in total. The van der Waals surface area contributed by atoms with Gasteiger partial charge in [0.15, 0.2) is 0 Å². The average molecular weight is 232 g/mol. The number of nitrogens with zero attached hydrogens (tertiary/aromatic N) is 2. The summed E-state index contributed by atoms with van der Waals surface area (Å²) in [5, 5.41) is 8.91. The summed E-state index contributed by atoms with van der Waals surface area (Å²) in [6, 6.07) is 3.23. The first kappa shape index (κ1) is 10.3. The molecule has 5 heteroatoms. The Bertz CT molecular complexity index is 570. The monoisotopic (exact) mass is 232 g/mol. The van der Waals surface area contributed by atoms with Crippen LogP contribution in [0.4, 0.5) is 0 Å². The third kappa shape index (κ3) is 1.68. The lowest BCUT2D eigenvalue weighted by atomic mass is 10.1. The van der Waals surface area contributed by atoms with Crippen LogP contribution in [0.25, 0.3) is 5.52 Å². The van der Waals surface area contributed by atoms with Gasteiger partial charge in [-0.25, -0.2) is 9.78 Å². The fourth-order valence-electron chi connectivity index (χ4n) is 2.19. The van der Waals surface area contributed by atoms with E-state index < -0.39 is 5.97 Å². The molecule has 1 saturated heterocycles. The summed E-state index contributed by atoms with van der Waals surface area (Å²) in [6.45, 7) is 1.46. The van der Waals surface area contributed by atoms with Gasteiger partial charge < -0.3 is 14.2 Å². The number of aromatic nitrogens is 2. The zero-order valence-electron chi connectivity index (χ0n) is 9.17. The quantitative estimate of drug-likeness (QED) is 0.853. The van der Waals surface area contributed by atoms with E-state index in [1.165, 1.54) is 0 Å². The van der Waals surface area contributed by atoms with Crippen molar-refractivity contribution in [3.63, 3.8) is 0 Å². The molecule has 1 aliphatic heterocycles. The number of ether oxygens (including phenoxy) is 1. The van der Waals surface area contributed by atoms with Gasteiger partial charge in [-0.2, -0.15) is 0 Å². The van der Waals surface area contributed by atoms with Crippen LogP contribution >= 0.6 is 0 Å². The van der Waals surface area contributed by atoms with Crippen molar-refractivity contribution in [1.82, 2.24) is 9.38 Å². The Morgan fingerprint density at radius 2 is 2.47 bits per heavy atom. The first-order chi connectivity index (χ1) is 8.25. The first-order valence-corrected chi connectivity index (χ1v) is 5.54. The molecule has 2 aromatic rings. The van der Waals surface area contributed by atoms with Gasteiger partial charge >= 0.3 is 5.97 Å². The van der Waals surface area contributed by atoms with Crippen molar-refractivity contribution < 1.29 is 14.6 Å². The molecule has 1 fully saturated rings. The van der Waals surface area contributed by atoms with Gasteiger partial charge in [0.2, 0.25) is 0 Å². The van der Waals surface area contributed by atoms with E-state index in [0.717, 1.165) is 24.4 Å². The molecule has 0 aromatic carbocycles. The smallest absolute Gasteiger partial charge is 0.335 e. The van der Waals surface area contributed by atoms with Crippen molar-refractivity contribution >= 4 is 11.5 Å². The van der Waals surface area contributed by atoms with E-state index in [4.69, 9.17) is 9.84 Å². The fourth-order valence-corrected chi connectivity index (χ4v) is 2.19. The summed E-state index contributed by atoms with van der Waals surface area (Å²) >= 11 is 0. The Hall–Kier alpha value is -1.88. The lowest BCUT2D eigenvalue weighted by Gasteiger charge is -2.06. The normalized spacial score (nSPS) is 19.9. The Morgan fingerprint density at radius 3 is 3.18 bits per heavy atom. The van der Waals surface area contributed by atoms with E-state index in [0.29, 0.717) is 12.5 Å². The minimum atomic E-state index is -0.917. The van der Waals surface area contributed by atoms with Crippen LogP contribution in [-0.4, -0.2) is 33.7 Å². The predicted molar refractivity (Wildman–Crippen MR) is 60.3 cm³/mol. The number of imidazole rings is 1. The summed E-state index contributed by atoms with van der Waals surface area (Å²) in [5.41, 5.74) is 1.10. The van der Waals surface area contributed by atoms with E-state index >= 15 is 0 Å². The molecule has 1 aliphatic rings. The average Bonchev–Trinajstić information content (AvgIpc) is 2.96. The molecule has 1 N–H and O–H groups in total. The summed E-state index contributed by atoms with van der Waals surface area (Å²) in [4.78, 5) is 15.2. The molecular weight excluding hydrogens is 220 g/mol. The van der Waals surface area contributed by atoms with Crippen molar-refractivity contribution in [2.45, 2.75) is 12.3 Å². The standard InChI is InChI=1S/C12H12N2O3/c15-12(16)8-1-3-14-10(5-8)6-13-11(14)9-2-4-17-7-9/h1,3,5-6,9H,2,4,7H2,(H,15,16). The van der Waals surface area contributed by atoms with E-state index in [2.05, 4.69) is 4.98 Å². The highest BCUT2D eigenvalue weighted by molar-refractivity contribution is 5.88. The number of hydrogen-bond donors (Lipinski definition) is 1. The lowest BCUT2D eigenvalue weighted by Crippen LogP contribution is -2.04. The second-order valence-electron chi connectivity index (χ2n) is 4.19. The first-order valence-electron chi connectivity index (χ1n) is 5.54. The van der Waals surface area contributed by atoms with Crippen LogP contribution in [0, 0.1) is 0 Å². The number of carboxylic acid groups (broad SMARTS) is 1. The number of hydrogen-bond acceptors (Lipinski definition) is 3. The van der Waals surface area contributed by atoms with Crippen LogP contribution in [0.3, 0.4) is 0 Å². The van der Waals surface area contributed by atoms with Gasteiger partial charge in [0, 0.05) is 18.7 Å². The molecule has 0 radical (unpaired) electrons. The van der Waals surface area contributed by atoms with Crippen LogP contribution in [0.15, 0.2) is 24.5 Å². The second-order valence-corrected chi connectivity index (χ2v) is 4.19. The van der Waals surface area contributed by atoms with Crippen molar-refractivity contribution in [2.24, 2.45) is 0 Å².